The number of rotatable bonds is 5. The monoisotopic (exact) mass is 276 g/mol. The molecule has 4 nitrogen and oxygen atoms in total. The fraction of sp³-hybridized carbons (Fsp3) is 0.688. The molecule has 1 aromatic heterocycles. The predicted molar refractivity (Wildman–Crippen MR) is 85.1 cm³/mol. The third-order valence-corrected chi connectivity index (χ3v) is 4.22. The van der Waals surface area contributed by atoms with Gasteiger partial charge < -0.3 is 10.6 Å². The molecule has 2 N–H and O–H groups in total. The highest BCUT2D eigenvalue weighted by molar-refractivity contribution is 5.40. The molecule has 1 fully saturated rings. The van der Waals surface area contributed by atoms with E-state index in [2.05, 4.69) is 40.8 Å². The van der Waals surface area contributed by atoms with Crippen molar-refractivity contribution in [2.75, 3.05) is 31.1 Å². The Kier molecular flexibility index (Phi) is 5.38. The van der Waals surface area contributed by atoms with Crippen molar-refractivity contribution in [2.45, 2.75) is 45.7 Å². The van der Waals surface area contributed by atoms with Crippen LogP contribution in [-0.4, -0.2) is 48.1 Å². The molecule has 2 atom stereocenters. The first-order valence-corrected chi connectivity index (χ1v) is 7.79. The van der Waals surface area contributed by atoms with Crippen molar-refractivity contribution in [1.29, 1.82) is 0 Å². The van der Waals surface area contributed by atoms with Crippen LogP contribution in [0.3, 0.4) is 0 Å². The first-order valence-electron chi connectivity index (χ1n) is 7.79. The maximum atomic E-state index is 5.82. The number of piperazine rings is 1. The molecule has 1 saturated heterocycles. The van der Waals surface area contributed by atoms with Gasteiger partial charge >= 0.3 is 0 Å². The third-order valence-electron chi connectivity index (χ3n) is 4.22. The molecule has 0 aromatic carbocycles. The van der Waals surface area contributed by atoms with Gasteiger partial charge in [0.25, 0.3) is 0 Å². The number of hydrogen-bond acceptors (Lipinski definition) is 4. The van der Waals surface area contributed by atoms with Crippen molar-refractivity contribution < 1.29 is 0 Å². The van der Waals surface area contributed by atoms with E-state index in [0.29, 0.717) is 6.04 Å². The van der Waals surface area contributed by atoms with E-state index in [-0.39, 0.29) is 6.04 Å². The van der Waals surface area contributed by atoms with Gasteiger partial charge in [-0.25, -0.2) is 4.98 Å². The Hall–Kier alpha value is -1.13. The largest absolute Gasteiger partial charge is 0.354 e. The summed E-state index contributed by atoms with van der Waals surface area (Å²) in [5, 5.41) is 0. The van der Waals surface area contributed by atoms with E-state index >= 15 is 0 Å². The van der Waals surface area contributed by atoms with E-state index in [9.17, 15) is 0 Å². The van der Waals surface area contributed by atoms with Gasteiger partial charge in [0, 0.05) is 44.5 Å². The zero-order valence-electron chi connectivity index (χ0n) is 13.0. The van der Waals surface area contributed by atoms with Crippen LogP contribution in [0.25, 0.3) is 0 Å². The molecule has 0 spiro atoms. The summed E-state index contributed by atoms with van der Waals surface area (Å²) in [5.74, 6) is 1.10. The second kappa shape index (κ2) is 7.04. The Bertz CT molecular complexity index is 393. The predicted octanol–water partition coefficient (Wildman–Crippen LogP) is 1.89. The number of anilines is 1. The van der Waals surface area contributed by atoms with Gasteiger partial charge in [0.05, 0.1) is 0 Å². The summed E-state index contributed by atoms with van der Waals surface area (Å²) < 4.78 is 0. The smallest absolute Gasteiger partial charge is 0.128 e. The van der Waals surface area contributed by atoms with E-state index in [1.807, 2.05) is 13.1 Å². The van der Waals surface area contributed by atoms with Gasteiger partial charge in [-0.15, -0.1) is 0 Å². The minimum atomic E-state index is 0.196. The molecule has 1 aliphatic heterocycles. The minimum absolute atomic E-state index is 0.196. The molecule has 112 valence electrons. The summed E-state index contributed by atoms with van der Waals surface area (Å²) >= 11 is 0. The number of nitrogens with zero attached hydrogens (tertiary/aromatic N) is 3. The van der Waals surface area contributed by atoms with Crippen LogP contribution in [-0.2, 0) is 6.42 Å². The summed E-state index contributed by atoms with van der Waals surface area (Å²) in [5.41, 5.74) is 7.04. The van der Waals surface area contributed by atoms with Crippen molar-refractivity contribution >= 4 is 5.82 Å². The van der Waals surface area contributed by atoms with Crippen LogP contribution in [0.4, 0.5) is 5.82 Å². The van der Waals surface area contributed by atoms with Crippen molar-refractivity contribution in [2.24, 2.45) is 5.73 Å². The molecule has 0 amide bonds. The zero-order valence-corrected chi connectivity index (χ0v) is 13.0. The molecule has 2 heterocycles. The Morgan fingerprint density at radius 3 is 2.40 bits per heavy atom. The van der Waals surface area contributed by atoms with Crippen LogP contribution < -0.4 is 10.6 Å². The van der Waals surface area contributed by atoms with Gasteiger partial charge in [-0.1, -0.05) is 13.0 Å². The summed E-state index contributed by atoms with van der Waals surface area (Å²) in [7, 11) is 0. The van der Waals surface area contributed by atoms with Gasteiger partial charge in [-0.2, -0.15) is 0 Å². The molecule has 1 aromatic rings. The fourth-order valence-corrected chi connectivity index (χ4v) is 2.75. The molecule has 2 unspecified atom stereocenters. The highest BCUT2D eigenvalue weighted by atomic mass is 15.3. The second-order valence-corrected chi connectivity index (χ2v) is 5.99. The molecule has 2 rings (SSSR count). The highest BCUT2D eigenvalue weighted by Gasteiger charge is 2.20. The number of hydrogen-bond donors (Lipinski definition) is 1. The van der Waals surface area contributed by atoms with E-state index in [1.165, 1.54) is 12.0 Å². The Labute approximate surface area is 123 Å². The van der Waals surface area contributed by atoms with E-state index < -0.39 is 0 Å². The quantitative estimate of drug-likeness (QED) is 0.892. The van der Waals surface area contributed by atoms with Crippen LogP contribution in [0.15, 0.2) is 18.3 Å². The molecular formula is C16H28N4. The average Bonchev–Trinajstić information content (AvgIpc) is 2.47. The number of nitrogens with two attached hydrogens (primary N) is 1. The van der Waals surface area contributed by atoms with Gasteiger partial charge in [0.2, 0.25) is 0 Å². The molecule has 4 heteroatoms. The topological polar surface area (TPSA) is 45.4 Å². The molecule has 0 saturated carbocycles. The van der Waals surface area contributed by atoms with Crippen LogP contribution >= 0.6 is 0 Å². The second-order valence-electron chi connectivity index (χ2n) is 5.99. The molecule has 0 bridgehead atoms. The van der Waals surface area contributed by atoms with Crippen molar-refractivity contribution in [1.82, 2.24) is 9.88 Å². The number of pyridine rings is 1. The normalized spacial score (nSPS) is 19.9. The Balaban J connectivity index is 1.90. The maximum absolute atomic E-state index is 5.82. The lowest BCUT2D eigenvalue weighted by Crippen LogP contribution is -2.49. The molecular weight excluding hydrogens is 248 g/mol. The van der Waals surface area contributed by atoms with Crippen LogP contribution in [0.2, 0.25) is 0 Å². The first kappa shape index (κ1) is 15.3. The summed E-state index contributed by atoms with van der Waals surface area (Å²) in [6, 6.07) is 5.18. The summed E-state index contributed by atoms with van der Waals surface area (Å²) in [6.45, 7) is 11.0. The van der Waals surface area contributed by atoms with Crippen LogP contribution in [0.1, 0.15) is 32.8 Å². The highest BCUT2D eigenvalue weighted by Crippen LogP contribution is 2.16. The van der Waals surface area contributed by atoms with E-state index in [0.717, 1.165) is 38.4 Å². The lowest BCUT2D eigenvalue weighted by Gasteiger charge is -2.38. The standard InChI is InChI=1S/C16H28N4/c1-4-14(3)19-7-9-20(10-8-19)16-6-5-15(12-18-16)11-13(2)17/h5-6,12-14H,4,7-11,17H2,1-3H3. The van der Waals surface area contributed by atoms with E-state index in [1.54, 1.807) is 0 Å². The Morgan fingerprint density at radius 2 is 1.90 bits per heavy atom. The maximum Gasteiger partial charge on any atom is 0.128 e. The Morgan fingerprint density at radius 1 is 1.20 bits per heavy atom. The molecule has 0 radical (unpaired) electrons. The van der Waals surface area contributed by atoms with Gasteiger partial charge in [-0.05, 0) is 38.3 Å². The number of aromatic nitrogens is 1. The minimum Gasteiger partial charge on any atom is -0.354 e. The lowest BCUT2D eigenvalue weighted by molar-refractivity contribution is 0.192. The van der Waals surface area contributed by atoms with Gasteiger partial charge in [-0.3, -0.25) is 4.90 Å². The van der Waals surface area contributed by atoms with Gasteiger partial charge in [0.15, 0.2) is 0 Å². The van der Waals surface area contributed by atoms with Crippen LogP contribution in [0.5, 0.6) is 0 Å². The molecule has 20 heavy (non-hydrogen) atoms. The third kappa shape index (κ3) is 3.93. The summed E-state index contributed by atoms with van der Waals surface area (Å²) in [6.07, 6.45) is 4.10. The fourth-order valence-electron chi connectivity index (χ4n) is 2.75. The lowest BCUT2D eigenvalue weighted by atomic mass is 10.1. The molecule has 0 aliphatic carbocycles. The average molecular weight is 276 g/mol. The van der Waals surface area contributed by atoms with E-state index in [4.69, 9.17) is 5.73 Å². The first-order chi connectivity index (χ1) is 9.60. The zero-order chi connectivity index (χ0) is 14.5. The van der Waals surface area contributed by atoms with Crippen LogP contribution in [0, 0.1) is 0 Å². The van der Waals surface area contributed by atoms with Crippen molar-refractivity contribution in [3.05, 3.63) is 23.9 Å². The SMILES string of the molecule is CCC(C)N1CCN(c2ccc(CC(C)N)cn2)CC1. The molecule has 1 aliphatic rings. The van der Waals surface area contributed by atoms with Crippen molar-refractivity contribution in [3.8, 4) is 0 Å². The van der Waals surface area contributed by atoms with Gasteiger partial charge in [0.1, 0.15) is 5.82 Å². The summed E-state index contributed by atoms with van der Waals surface area (Å²) in [4.78, 5) is 9.55. The van der Waals surface area contributed by atoms with Crippen molar-refractivity contribution in [3.63, 3.8) is 0 Å².